The Morgan fingerprint density at radius 2 is 1.35 bits per heavy atom. The standard InChI is InChI=1S/C30H40O7/c1-30(2,29(33)34)17-9-19-36-25-15-13-23(14-16-25)11-12-24-20-26(35-3)22-27(21-24)37-18-8-6-4-5-7-10-28(31)32/h11-16,20-22H,4-10,17-19H2,1-3H3,(H,31,32)(H,33,34)/b12-11+. The first-order chi connectivity index (χ1) is 17.7. The third-order valence-corrected chi connectivity index (χ3v) is 6.08. The number of hydrogen-bond donors (Lipinski definition) is 2. The van der Waals surface area contributed by atoms with Gasteiger partial charge in [-0.25, -0.2) is 0 Å². The molecule has 0 atom stereocenters. The molecule has 0 fully saturated rings. The smallest absolute Gasteiger partial charge is 0.309 e. The first kappa shape index (κ1) is 29.7. The maximum absolute atomic E-state index is 11.2. The zero-order chi connectivity index (χ0) is 27.1. The lowest BCUT2D eigenvalue weighted by Gasteiger charge is -2.18. The van der Waals surface area contributed by atoms with Crippen LogP contribution in [0.25, 0.3) is 12.2 Å². The van der Waals surface area contributed by atoms with Crippen molar-refractivity contribution in [2.24, 2.45) is 5.41 Å². The summed E-state index contributed by atoms with van der Waals surface area (Å²) in [5.74, 6) is 0.702. The number of carboxylic acid groups (broad SMARTS) is 2. The molecule has 0 bridgehead atoms. The van der Waals surface area contributed by atoms with Crippen LogP contribution in [-0.4, -0.2) is 42.5 Å². The number of rotatable bonds is 18. The Kier molecular flexibility index (Phi) is 12.5. The first-order valence-corrected chi connectivity index (χ1v) is 12.9. The summed E-state index contributed by atoms with van der Waals surface area (Å²) in [6, 6.07) is 13.5. The molecule has 37 heavy (non-hydrogen) atoms. The van der Waals surface area contributed by atoms with Crippen molar-refractivity contribution in [1.29, 1.82) is 0 Å². The summed E-state index contributed by atoms with van der Waals surface area (Å²) < 4.78 is 17.1. The largest absolute Gasteiger partial charge is 0.497 e. The van der Waals surface area contributed by atoms with Crippen molar-refractivity contribution >= 4 is 24.1 Å². The van der Waals surface area contributed by atoms with E-state index in [1.54, 1.807) is 21.0 Å². The maximum atomic E-state index is 11.2. The number of benzene rings is 2. The van der Waals surface area contributed by atoms with Crippen LogP contribution in [0.4, 0.5) is 0 Å². The van der Waals surface area contributed by atoms with Crippen molar-refractivity contribution < 1.29 is 34.0 Å². The quantitative estimate of drug-likeness (QED) is 0.165. The normalized spacial score (nSPS) is 11.4. The van der Waals surface area contributed by atoms with Crippen LogP contribution in [0.1, 0.15) is 76.3 Å². The van der Waals surface area contributed by atoms with Gasteiger partial charge in [0.2, 0.25) is 0 Å². The summed E-state index contributed by atoms with van der Waals surface area (Å²) in [5.41, 5.74) is 1.24. The van der Waals surface area contributed by atoms with Gasteiger partial charge in [-0.2, -0.15) is 0 Å². The fourth-order valence-corrected chi connectivity index (χ4v) is 3.67. The molecule has 0 aliphatic carbocycles. The Labute approximate surface area is 220 Å². The van der Waals surface area contributed by atoms with E-state index in [-0.39, 0.29) is 6.42 Å². The molecule has 0 amide bonds. The summed E-state index contributed by atoms with van der Waals surface area (Å²) in [5, 5.41) is 17.9. The minimum absolute atomic E-state index is 0.239. The Hall–Kier alpha value is -3.48. The number of hydrogen-bond acceptors (Lipinski definition) is 5. The fraction of sp³-hybridized carbons (Fsp3) is 0.467. The molecule has 0 spiro atoms. The predicted molar refractivity (Wildman–Crippen MR) is 145 cm³/mol. The van der Waals surface area contributed by atoms with Crippen LogP contribution >= 0.6 is 0 Å². The van der Waals surface area contributed by atoms with Crippen molar-refractivity contribution in [3.8, 4) is 17.2 Å². The molecular weight excluding hydrogens is 472 g/mol. The van der Waals surface area contributed by atoms with Gasteiger partial charge in [0.25, 0.3) is 0 Å². The van der Waals surface area contributed by atoms with Crippen molar-refractivity contribution in [2.45, 2.75) is 65.2 Å². The van der Waals surface area contributed by atoms with Crippen LogP contribution in [0.5, 0.6) is 17.2 Å². The molecule has 0 unspecified atom stereocenters. The molecule has 2 aromatic carbocycles. The van der Waals surface area contributed by atoms with E-state index < -0.39 is 17.4 Å². The van der Waals surface area contributed by atoms with E-state index >= 15 is 0 Å². The number of carboxylic acids is 2. The number of unbranched alkanes of at least 4 members (excludes halogenated alkanes) is 4. The molecule has 0 radical (unpaired) electrons. The van der Waals surface area contributed by atoms with Crippen LogP contribution < -0.4 is 14.2 Å². The van der Waals surface area contributed by atoms with Crippen molar-refractivity contribution in [3.63, 3.8) is 0 Å². The highest BCUT2D eigenvalue weighted by molar-refractivity contribution is 5.73. The SMILES string of the molecule is COc1cc(/C=C/c2ccc(OCCCC(C)(C)C(=O)O)cc2)cc(OCCCCCCCC(=O)O)c1. The highest BCUT2D eigenvalue weighted by Crippen LogP contribution is 2.25. The molecule has 7 heteroatoms. The lowest BCUT2D eigenvalue weighted by atomic mass is 9.88. The molecule has 2 aromatic rings. The molecule has 7 nitrogen and oxygen atoms in total. The third-order valence-electron chi connectivity index (χ3n) is 6.08. The maximum Gasteiger partial charge on any atom is 0.309 e. The molecule has 202 valence electrons. The van der Waals surface area contributed by atoms with Gasteiger partial charge in [0.05, 0.1) is 25.7 Å². The van der Waals surface area contributed by atoms with Crippen LogP contribution in [0.2, 0.25) is 0 Å². The van der Waals surface area contributed by atoms with E-state index in [1.165, 1.54) is 0 Å². The van der Waals surface area contributed by atoms with E-state index in [0.29, 0.717) is 26.1 Å². The molecule has 0 aliphatic rings. The highest BCUT2D eigenvalue weighted by atomic mass is 16.5. The Morgan fingerprint density at radius 3 is 2.03 bits per heavy atom. The van der Waals surface area contributed by atoms with E-state index in [0.717, 1.165) is 60.5 Å². The minimum atomic E-state index is -0.792. The monoisotopic (exact) mass is 512 g/mol. The lowest BCUT2D eigenvalue weighted by molar-refractivity contribution is -0.147. The number of methoxy groups -OCH3 is 1. The molecule has 0 heterocycles. The zero-order valence-electron chi connectivity index (χ0n) is 22.2. The van der Waals surface area contributed by atoms with Crippen LogP contribution in [0.15, 0.2) is 42.5 Å². The molecule has 0 aromatic heterocycles. The second-order valence-corrected chi connectivity index (χ2v) is 9.75. The fourth-order valence-electron chi connectivity index (χ4n) is 3.67. The average Bonchev–Trinajstić information content (AvgIpc) is 2.87. The molecule has 0 aliphatic heterocycles. The van der Waals surface area contributed by atoms with Crippen LogP contribution in [0.3, 0.4) is 0 Å². The summed E-state index contributed by atoms with van der Waals surface area (Å²) in [6.45, 7) is 4.53. The summed E-state index contributed by atoms with van der Waals surface area (Å²) in [4.78, 5) is 21.7. The van der Waals surface area contributed by atoms with Gasteiger partial charge in [0, 0.05) is 12.5 Å². The summed E-state index contributed by atoms with van der Waals surface area (Å²) in [6.07, 6.45) is 10.1. The van der Waals surface area contributed by atoms with Crippen molar-refractivity contribution in [2.75, 3.05) is 20.3 Å². The lowest BCUT2D eigenvalue weighted by Crippen LogP contribution is -2.24. The first-order valence-electron chi connectivity index (χ1n) is 12.9. The Bertz CT molecular complexity index is 1010. The van der Waals surface area contributed by atoms with Gasteiger partial charge in [-0.15, -0.1) is 0 Å². The number of carbonyl (C=O) groups is 2. The van der Waals surface area contributed by atoms with Crippen molar-refractivity contribution in [1.82, 2.24) is 0 Å². The van der Waals surface area contributed by atoms with Gasteiger partial charge in [-0.1, -0.05) is 43.5 Å². The molecule has 0 saturated heterocycles. The Balaban J connectivity index is 1.81. The van der Waals surface area contributed by atoms with Gasteiger partial charge in [-0.3, -0.25) is 9.59 Å². The van der Waals surface area contributed by atoms with Gasteiger partial charge in [-0.05, 0) is 74.9 Å². The van der Waals surface area contributed by atoms with E-state index in [1.807, 2.05) is 54.6 Å². The second-order valence-electron chi connectivity index (χ2n) is 9.75. The Morgan fingerprint density at radius 1 is 0.757 bits per heavy atom. The summed E-state index contributed by atoms with van der Waals surface area (Å²) in [7, 11) is 1.63. The van der Waals surface area contributed by atoms with Crippen LogP contribution in [-0.2, 0) is 9.59 Å². The average molecular weight is 513 g/mol. The van der Waals surface area contributed by atoms with Gasteiger partial charge in [0.1, 0.15) is 17.2 Å². The van der Waals surface area contributed by atoms with Gasteiger partial charge >= 0.3 is 11.9 Å². The summed E-state index contributed by atoms with van der Waals surface area (Å²) >= 11 is 0. The molecule has 2 N–H and O–H groups in total. The number of ether oxygens (including phenoxy) is 3. The zero-order valence-corrected chi connectivity index (χ0v) is 22.2. The second kappa shape index (κ2) is 15.6. The van der Waals surface area contributed by atoms with E-state index in [4.69, 9.17) is 19.3 Å². The van der Waals surface area contributed by atoms with Gasteiger partial charge in [0.15, 0.2) is 0 Å². The van der Waals surface area contributed by atoms with Crippen molar-refractivity contribution in [3.05, 3.63) is 53.6 Å². The topological polar surface area (TPSA) is 102 Å². The molecule has 2 rings (SSSR count). The van der Waals surface area contributed by atoms with Gasteiger partial charge < -0.3 is 24.4 Å². The van der Waals surface area contributed by atoms with E-state index in [2.05, 4.69) is 0 Å². The highest BCUT2D eigenvalue weighted by Gasteiger charge is 2.26. The van der Waals surface area contributed by atoms with Crippen LogP contribution in [0, 0.1) is 5.41 Å². The third kappa shape index (κ3) is 11.9. The van der Waals surface area contributed by atoms with E-state index in [9.17, 15) is 14.7 Å². The molecular formula is C30H40O7. The minimum Gasteiger partial charge on any atom is -0.497 e. The predicted octanol–water partition coefficient (Wildman–Crippen LogP) is 6.94. The molecule has 0 saturated carbocycles. The number of aliphatic carboxylic acids is 2.